The van der Waals surface area contributed by atoms with Crippen molar-refractivity contribution in [3.05, 3.63) is 30.1 Å². The van der Waals surface area contributed by atoms with E-state index in [1.54, 1.807) is 0 Å². The molecule has 18 heavy (non-hydrogen) atoms. The monoisotopic (exact) mass is 265 g/mol. The van der Waals surface area contributed by atoms with Crippen molar-refractivity contribution in [2.45, 2.75) is 48.2 Å². The third-order valence-electron chi connectivity index (χ3n) is 4.58. The quantitative estimate of drug-likeness (QED) is 0.895. The van der Waals surface area contributed by atoms with Gasteiger partial charge in [-0.15, -0.1) is 11.8 Å². The summed E-state index contributed by atoms with van der Waals surface area (Å²) in [6, 6.07) is 6.82. The second kappa shape index (κ2) is 4.53. The highest BCUT2D eigenvalue weighted by Crippen LogP contribution is 2.63. The Morgan fingerprint density at radius 2 is 1.72 bits per heavy atom. The lowest BCUT2D eigenvalue weighted by atomic mass is 9.60. The lowest BCUT2D eigenvalue weighted by Crippen LogP contribution is -2.52. The third kappa shape index (κ3) is 2.19. The van der Waals surface area contributed by atoms with Crippen molar-refractivity contribution in [3.63, 3.8) is 0 Å². The first-order chi connectivity index (χ1) is 8.65. The fraction of sp³-hybridized carbons (Fsp3) is 0.600. The number of hydrogen-bond donors (Lipinski definition) is 1. The van der Waals surface area contributed by atoms with Crippen LogP contribution in [0.2, 0.25) is 0 Å². The molecule has 1 spiro atoms. The molecule has 0 aliphatic heterocycles. The number of nitrogens with two attached hydrogens (primary N) is 1. The molecule has 2 saturated carbocycles. The van der Waals surface area contributed by atoms with Gasteiger partial charge in [0.2, 0.25) is 0 Å². The fourth-order valence-electron chi connectivity index (χ4n) is 3.80. The summed E-state index contributed by atoms with van der Waals surface area (Å²) in [5.41, 5.74) is 6.61. The normalized spacial score (nSPS) is 24.1. The molecular formula is C15H20FNS. The molecule has 0 radical (unpaired) electrons. The Bertz CT molecular complexity index is 415. The molecule has 1 nitrogen and oxygen atoms in total. The van der Waals surface area contributed by atoms with Crippen LogP contribution in [-0.2, 0) is 0 Å². The molecule has 0 amide bonds. The average Bonchev–Trinajstić information content (AvgIpc) is 2.80. The van der Waals surface area contributed by atoms with Crippen LogP contribution in [0.1, 0.15) is 38.5 Å². The summed E-state index contributed by atoms with van der Waals surface area (Å²) in [5.74, 6) is -0.165. The summed E-state index contributed by atoms with van der Waals surface area (Å²) < 4.78 is 13.1. The minimum atomic E-state index is -0.165. The Hall–Kier alpha value is -0.540. The molecule has 0 atom stereocenters. The van der Waals surface area contributed by atoms with Gasteiger partial charge >= 0.3 is 0 Å². The molecule has 3 heteroatoms. The van der Waals surface area contributed by atoms with Crippen LogP contribution >= 0.6 is 11.8 Å². The van der Waals surface area contributed by atoms with Gasteiger partial charge in [0.25, 0.3) is 0 Å². The molecule has 1 aromatic rings. The van der Waals surface area contributed by atoms with Gasteiger partial charge in [-0.3, -0.25) is 0 Å². The molecule has 0 bridgehead atoms. The van der Waals surface area contributed by atoms with E-state index in [2.05, 4.69) is 0 Å². The van der Waals surface area contributed by atoms with Gasteiger partial charge in [-0.2, -0.15) is 0 Å². The van der Waals surface area contributed by atoms with Gasteiger partial charge in [0, 0.05) is 16.2 Å². The minimum absolute atomic E-state index is 0.165. The van der Waals surface area contributed by atoms with Crippen molar-refractivity contribution in [1.29, 1.82) is 0 Å². The highest BCUT2D eigenvalue weighted by molar-refractivity contribution is 8.00. The second-order valence-corrected chi connectivity index (χ2v) is 7.55. The summed E-state index contributed by atoms with van der Waals surface area (Å²) in [6.07, 6.45) is 8.05. The van der Waals surface area contributed by atoms with Crippen LogP contribution in [0.3, 0.4) is 0 Å². The summed E-state index contributed by atoms with van der Waals surface area (Å²) in [6.45, 7) is 0.733. The lowest BCUT2D eigenvalue weighted by Gasteiger charge is -2.54. The van der Waals surface area contributed by atoms with Crippen molar-refractivity contribution in [2.75, 3.05) is 6.54 Å². The summed E-state index contributed by atoms with van der Waals surface area (Å²) >= 11 is 1.86. The average molecular weight is 265 g/mol. The SMILES string of the molecule is NCC1(Sc2ccc(F)cc2)CC2(CCCC2)C1. The first-order valence-electron chi connectivity index (χ1n) is 6.80. The first kappa shape index (κ1) is 12.5. The van der Waals surface area contributed by atoms with E-state index in [0.717, 1.165) is 11.4 Å². The molecule has 3 rings (SSSR count). The van der Waals surface area contributed by atoms with Gasteiger partial charge in [0.1, 0.15) is 5.82 Å². The topological polar surface area (TPSA) is 26.0 Å². The van der Waals surface area contributed by atoms with Crippen LogP contribution in [0, 0.1) is 11.2 Å². The van der Waals surface area contributed by atoms with Crippen molar-refractivity contribution in [1.82, 2.24) is 0 Å². The summed E-state index contributed by atoms with van der Waals surface area (Å²) in [5, 5.41) is 0. The molecule has 2 fully saturated rings. The predicted molar refractivity (Wildman–Crippen MR) is 74.2 cm³/mol. The van der Waals surface area contributed by atoms with Crippen molar-refractivity contribution in [2.24, 2.45) is 11.1 Å². The van der Waals surface area contributed by atoms with Gasteiger partial charge < -0.3 is 5.73 Å². The zero-order valence-corrected chi connectivity index (χ0v) is 11.4. The maximum absolute atomic E-state index is 12.9. The van der Waals surface area contributed by atoms with Crippen molar-refractivity contribution >= 4 is 11.8 Å². The van der Waals surface area contributed by atoms with E-state index in [1.807, 2.05) is 23.9 Å². The maximum Gasteiger partial charge on any atom is 0.123 e. The van der Waals surface area contributed by atoms with E-state index in [9.17, 15) is 4.39 Å². The fourth-order valence-corrected chi connectivity index (χ4v) is 5.42. The zero-order valence-electron chi connectivity index (χ0n) is 10.6. The Morgan fingerprint density at radius 3 is 2.28 bits per heavy atom. The molecule has 0 heterocycles. The molecule has 0 unspecified atom stereocenters. The Balaban J connectivity index is 1.69. The van der Waals surface area contributed by atoms with Gasteiger partial charge in [-0.25, -0.2) is 4.39 Å². The number of thioether (sulfide) groups is 1. The number of rotatable bonds is 3. The maximum atomic E-state index is 12.9. The predicted octanol–water partition coefficient (Wildman–Crippen LogP) is 3.97. The van der Waals surface area contributed by atoms with Crippen molar-refractivity contribution in [3.8, 4) is 0 Å². The van der Waals surface area contributed by atoms with Gasteiger partial charge in [0.15, 0.2) is 0 Å². The van der Waals surface area contributed by atoms with Gasteiger partial charge in [-0.05, 0) is 55.4 Å². The van der Waals surface area contributed by atoms with Crippen LogP contribution in [0.4, 0.5) is 4.39 Å². The highest BCUT2D eigenvalue weighted by atomic mass is 32.2. The lowest BCUT2D eigenvalue weighted by molar-refractivity contribution is 0.0935. The number of hydrogen-bond acceptors (Lipinski definition) is 2. The van der Waals surface area contributed by atoms with E-state index in [1.165, 1.54) is 50.7 Å². The smallest absolute Gasteiger partial charge is 0.123 e. The largest absolute Gasteiger partial charge is 0.329 e. The van der Waals surface area contributed by atoms with Gasteiger partial charge in [0.05, 0.1) is 0 Å². The summed E-state index contributed by atoms with van der Waals surface area (Å²) in [4.78, 5) is 1.15. The first-order valence-corrected chi connectivity index (χ1v) is 7.62. The number of halogens is 1. The number of benzene rings is 1. The summed E-state index contributed by atoms with van der Waals surface area (Å²) in [7, 11) is 0. The molecule has 2 N–H and O–H groups in total. The molecule has 98 valence electrons. The highest BCUT2D eigenvalue weighted by Gasteiger charge is 2.54. The Labute approximate surface area is 112 Å². The van der Waals surface area contributed by atoms with E-state index in [0.29, 0.717) is 5.41 Å². The third-order valence-corrected chi connectivity index (χ3v) is 5.97. The minimum Gasteiger partial charge on any atom is -0.329 e. The molecule has 1 aromatic carbocycles. The Kier molecular flexibility index (Phi) is 3.15. The van der Waals surface area contributed by atoms with Crippen LogP contribution < -0.4 is 5.73 Å². The molecule has 0 saturated heterocycles. The van der Waals surface area contributed by atoms with E-state index >= 15 is 0 Å². The standard InChI is InChI=1S/C15H20FNS/c16-12-3-5-13(6-4-12)18-15(11-17)9-14(10-15)7-1-2-8-14/h3-6H,1-2,7-11,17H2. The Morgan fingerprint density at radius 1 is 1.11 bits per heavy atom. The molecular weight excluding hydrogens is 245 g/mol. The van der Waals surface area contributed by atoms with E-state index < -0.39 is 0 Å². The van der Waals surface area contributed by atoms with Crippen LogP contribution in [-0.4, -0.2) is 11.3 Å². The molecule has 0 aromatic heterocycles. The van der Waals surface area contributed by atoms with E-state index in [-0.39, 0.29) is 10.6 Å². The van der Waals surface area contributed by atoms with Crippen LogP contribution in [0.5, 0.6) is 0 Å². The molecule has 2 aliphatic carbocycles. The van der Waals surface area contributed by atoms with Gasteiger partial charge in [-0.1, -0.05) is 12.8 Å². The van der Waals surface area contributed by atoms with E-state index in [4.69, 9.17) is 5.73 Å². The van der Waals surface area contributed by atoms with Crippen LogP contribution in [0.15, 0.2) is 29.2 Å². The zero-order chi connectivity index (χ0) is 12.6. The van der Waals surface area contributed by atoms with Crippen molar-refractivity contribution < 1.29 is 4.39 Å². The second-order valence-electron chi connectivity index (χ2n) is 6.00. The molecule has 2 aliphatic rings. The van der Waals surface area contributed by atoms with Crippen LogP contribution in [0.25, 0.3) is 0 Å².